The Hall–Kier alpha value is -1.92. The first kappa shape index (κ1) is 19.8. The molecule has 2 heterocycles. The lowest BCUT2D eigenvalue weighted by Crippen LogP contribution is -2.46. The lowest BCUT2D eigenvalue weighted by atomic mass is 9.79. The molecule has 6 heteroatoms. The normalized spacial score (nSPS) is 22.3. The summed E-state index contributed by atoms with van der Waals surface area (Å²) in [5, 5.41) is 3.03. The van der Waals surface area contributed by atoms with Crippen LogP contribution in [0.2, 0.25) is 0 Å². The number of benzene rings is 1. The van der Waals surface area contributed by atoms with Crippen LogP contribution in [0.4, 0.5) is 5.69 Å². The molecule has 0 aliphatic carbocycles. The molecule has 1 aromatic rings. The van der Waals surface area contributed by atoms with Gasteiger partial charge in [-0.25, -0.2) is 0 Å². The number of likely N-dealkylation sites (tertiary alicyclic amines) is 1. The van der Waals surface area contributed by atoms with Crippen molar-refractivity contribution in [1.82, 2.24) is 4.90 Å². The highest BCUT2D eigenvalue weighted by atomic mass is 16.5. The van der Waals surface area contributed by atoms with Gasteiger partial charge in [0.15, 0.2) is 0 Å². The van der Waals surface area contributed by atoms with Gasteiger partial charge in [-0.3, -0.25) is 9.59 Å². The van der Waals surface area contributed by atoms with Crippen molar-refractivity contribution in [3.8, 4) is 0 Å². The largest absolute Gasteiger partial charge is 0.381 e. The molecule has 148 valence electrons. The molecule has 0 saturated carbocycles. The van der Waals surface area contributed by atoms with Crippen LogP contribution in [-0.2, 0) is 9.53 Å². The number of nitrogens with zero attached hydrogens (tertiary/aromatic N) is 1. The second-order valence-electron chi connectivity index (χ2n) is 7.92. The molecule has 27 heavy (non-hydrogen) atoms. The molecule has 1 unspecified atom stereocenters. The van der Waals surface area contributed by atoms with Crippen LogP contribution in [0.1, 0.15) is 54.9 Å². The minimum atomic E-state index is -0.567. The predicted molar refractivity (Wildman–Crippen MR) is 106 cm³/mol. The molecule has 1 aromatic carbocycles. The number of nitrogens with one attached hydrogen (secondary N) is 1. The highest BCUT2D eigenvalue weighted by Crippen LogP contribution is 2.31. The zero-order valence-corrected chi connectivity index (χ0v) is 16.4. The molecule has 2 aliphatic rings. The van der Waals surface area contributed by atoms with Crippen molar-refractivity contribution in [2.45, 2.75) is 52.0 Å². The minimum absolute atomic E-state index is 0.0554. The van der Waals surface area contributed by atoms with Crippen LogP contribution in [-0.4, -0.2) is 49.1 Å². The summed E-state index contributed by atoms with van der Waals surface area (Å²) in [6.45, 7) is 6.28. The number of piperidine rings is 1. The first-order chi connectivity index (χ1) is 13.0. The molecule has 2 amide bonds. The molecular formula is C21H31N3O3. The van der Waals surface area contributed by atoms with Gasteiger partial charge < -0.3 is 20.7 Å². The van der Waals surface area contributed by atoms with E-state index in [2.05, 4.69) is 12.2 Å². The molecule has 0 bridgehead atoms. The average Bonchev–Trinajstić information content (AvgIpc) is 2.69. The van der Waals surface area contributed by atoms with E-state index in [1.54, 1.807) is 0 Å². The number of amides is 2. The van der Waals surface area contributed by atoms with Crippen molar-refractivity contribution >= 4 is 17.5 Å². The van der Waals surface area contributed by atoms with E-state index in [0.29, 0.717) is 38.2 Å². The fourth-order valence-corrected chi connectivity index (χ4v) is 4.04. The van der Waals surface area contributed by atoms with Crippen LogP contribution < -0.4 is 11.1 Å². The van der Waals surface area contributed by atoms with Crippen LogP contribution in [0.15, 0.2) is 18.2 Å². The Kier molecular flexibility index (Phi) is 6.17. The van der Waals surface area contributed by atoms with Crippen LogP contribution in [0.3, 0.4) is 0 Å². The molecule has 0 radical (unpaired) electrons. The maximum atomic E-state index is 12.9. The van der Waals surface area contributed by atoms with E-state index in [4.69, 9.17) is 10.5 Å². The van der Waals surface area contributed by atoms with E-state index in [0.717, 1.165) is 30.6 Å². The summed E-state index contributed by atoms with van der Waals surface area (Å²) < 4.78 is 5.38. The lowest BCUT2D eigenvalue weighted by molar-refractivity contribution is -0.130. The minimum Gasteiger partial charge on any atom is -0.381 e. The maximum Gasteiger partial charge on any atom is 0.254 e. The second kappa shape index (κ2) is 8.40. The van der Waals surface area contributed by atoms with E-state index in [1.165, 1.54) is 6.42 Å². The van der Waals surface area contributed by atoms with Crippen LogP contribution in [0.25, 0.3) is 0 Å². The summed E-state index contributed by atoms with van der Waals surface area (Å²) in [5.41, 5.74) is 7.66. The van der Waals surface area contributed by atoms with E-state index >= 15 is 0 Å². The third kappa shape index (κ3) is 4.17. The quantitative estimate of drug-likeness (QED) is 0.850. The van der Waals surface area contributed by atoms with Crippen LogP contribution in [0.5, 0.6) is 0 Å². The van der Waals surface area contributed by atoms with Gasteiger partial charge in [-0.15, -0.1) is 0 Å². The molecule has 3 rings (SSSR count). The second-order valence-corrected chi connectivity index (χ2v) is 7.92. The summed E-state index contributed by atoms with van der Waals surface area (Å²) in [7, 11) is 0. The highest BCUT2D eigenvalue weighted by Gasteiger charge is 2.39. The van der Waals surface area contributed by atoms with Crippen LogP contribution >= 0.6 is 0 Å². The Morgan fingerprint density at radius 2 is 2.04 bits per heavy atom. The number of hydrogen-bond donors (Lipinski definition) is 2. The van der Waals surface area contributed by atoms with Gasteiger partial charge in [0, 0.05) is 43.6 Å². The zero-order chi connectivity index (χ0) is 19.4. The monoisotopic (exact) mass is 373 g/mol. The van der Waals surface area contributed by atoms with Gasteiger partial charge in [-0.1, -0.05) is 0 Å². The van der Waals surface area contributed by atoms with Crippen molar-refractivity contribution in [2.75, 3.05) is 31.6 Å². The van der Waals surface area contributed by atoms with Gasteiger partial charge in [0.2, 0.25) is 5.91 Å². The molecule has 2 saturated heterocycles. The number of rotatable bonds is 4. The standard InChI is InChI=1S/C21H31N3O3/c1-15-13-17(19(25)24-10-4-3-5-16(24)2)6-7-18(15)23-20(26)21(14-22)8-11-27-12-9-21/h6-7,13,16H,3-5,8-12,14,22H2,1-2H3,(H,23,26). The van der Waals surface area contributed by atoms with Gasteiger partial charge in [0.25, 0.3) is 5.91 Å². The summed E-state index contributed by atoms with van der Waals surface area (Å²) in [5.74, 6) is 0.0196. The van der Waals surface area contributed by atoms with E-state index in [9.17, 15) is 9.59 Å². The Morgan fingerprint density at radius 3 is 2.67 bits per heavy atom. The van der Waals surface area contributed by atoms with Crippen molar-refractivity contribution in [3.63, 3.8) is 0 Å². The number of anilines is 1. The number of hydrogen-bond acceptors (Lipinski definition) is 4. The van der Waals surface area contributed by atoms with Crippen LogP contribution in [0, 0.1) is 12.3 Å². The average molecular weight is 373 g/mol. The number of nitrogens with two attached hydrogens (primary N) is 1. The smallest absolute Gasteiger partial charge is 0.254 e. The maximum absolute atomic E-state index is 12.9. The fraction of sp³-hybridized carbons (Fsp3) is 0.619. The van der Waals surface area contributed by atoms with Crippen molar-refractivity contribution in [3.05, 3.63) is 29.3 Å². The first-order valence-electron chi connectivity index (χ1n) is 9.98. The summed E-state index contributed by atoms with van der Waals surface area (Å²) in [6, 6.07) is 5.80. The molecule has 0 spiro atoms. The highest BCUT2D eigenvalue weighted by molar-refractivity contribution is 5.98. The molecule has 2 fully saturated rings. The topological polar surface area (TPSA) is 84.7 Å². The molecule has 1 atom stereocenters. The third-order valence-electron chi connectivity index (χ3n) is 6.11. The molecule has 2 aliphatic heterocycles. The van der Waals surface area contributed by atoms with Crippen molar-refractivity contribution in [1.29, 1.82) is 0 Å². The fourth-order valence-electron chi connectivity index (χ4n) is 4.04. The van der Waals surface area contributed by atoms with E-state index in [1.807, 2.05) is 30.0 Å². The van der Waals surface area contributed by atoms with Crippen molar-refractivity contribution < 1.29 is 14.3 Å². The molecule has 0 aromatic heterocycles. The number of carbonyl (C=O) groups is 2. The number of aryl methyl sites for hydroxylation is 1. The van der Waals surface area contributed by atoms with E-state index < -0.39 is 5.41 Å². The van der Waals surface area contributed by atoms with Gasteiger partial charge >= 0.3 is 0 Å². The number of carbonyl (C=O) groups excluding carboxylic acids is 2. The summed E-state index contributed by atoms with van der Waals surface area (Å²) >= 11 is 0. The Morgan fingerprint density at radius 1 is 1.30 bits per heavy atom. The molecule has 6 nitrogen and oxygen atoms in total. The SMILES string of the molecule is Cc1cc(C(=O)N2CCCCC2C)ccc1NC(=O)C1(CN)CCOCC1. The summed E-state index contributed by atoms with van der Waals surface area (Å²) in [6.07, 6.45) is 4.58. The lowest BCUT2D eigenvalue weighted by Gasteiger charge is -2.35. The Balaban J connectivity index is 1.73. The predicted octanol–water partition coefficient (Wildman–Crippen LogP) is 2.70. The molecular weight excluding hydrogens is 342 g/mol. The summed E-state index contributed by atoms with van der Waals surface area (Å²) in [4.78, 5) is 27.7. The first-order valence-corrected chi connectivity index (χ1v) is 9.98. The third-order valence-corrected chi connectivity index (χ3v) is 6.11. The van der Waals surface area contributed by atoms with E-state index in [-0.39, 0.29) is 17.9 Å². The Bertz CT molecular complexity index is 698. The van der Waals surface area contributed by atoms with Gasteiger partial charge in [-0.05, 0) is 69.7 Å². The van der Waals surface area contributed by atoms with Gasteiger partial charge in [-0.2, -0.15) is 0 Å². The van der Waals surface area contributed by atoms with Gasteiger partial charge in [0.05, 0.1) is 5.41 Å². The molecule has 3 N–H and O–H groups in total. The number of ether oxygens (including phenoxy) is 1. The Labute approximate surface area is 161 Å². The zero-order valence-electron chi connectivity index (χ0n) is 16.4. The van der Waals surface area contributed by atoms with Gasteiger partial charge in [0.1, 0.15) is 0 Å². The van der Waals surface area contributed by atoms with Crippen molar-refractivity contribution in [2.24, 2.45) is 11.1 Å².